The van der Waals surface area contributed by atoms with E-state index in [1.165, 1.54) is 17.4 Å². The molecule has 0 spiro atoms. The molecule has 2 aliphatic carbocycles. The van der Waals surface area contributed by atoms with Gasteiger partial charge in [0.05, 0.1) is 17.8 Å². The molecule has 2 aliphatic rings. The average Bonchev–Trinajstić information content (AvgIpc) is 3.34. The lowest BCUT2D eigenvalue weighted by Gasteiger charge is -2.27. The van der Waals surface area contributed by atoms with E-state index in [1.54, 1.807) is 29.6 Å². The molecule has 2 aromatic heterocycles. The number of aromatic nitrogens is 4. The lowest BCUT2D eigenvalue weighted by atomic mass is 9.87. The van der Waals surface area contributed by atoms with E-state index in [0.29, 0.717) is 35.5 Å². The van der Waals surface area contributed by atoms with Gasteiger partial charge in [-0.1, -0.05) is 0 Å². The van der Waals surface area contributed by atoms with Crippen molar-refractivity contribution in [2.75, 3.05) is 7.11 Å². The second-order valence-corrected chi connectivity index (χ2v) is 7.64. The molecule has 0 aliphatic heterocycles. The van der Waals surface area contributed by atoms with Gasteiger partial charge in [0.2, 0.25) is 0 Å². The van der Waals surface area contributed by atoms with Crippen LogP contribution in [-0.4, -0.2) is 32.1 Å². The van der Waals surface area contributed by atoms with Crippen molar-refractivity contribution in [2.24, 2.45) is 18.9 Å². The number of rotatable bonds is 5. The van der Waals surface area contributed by atoms with Crippen molar-refractivity contribution >= 4 is 11.0 Å². The van der Waals surface area contributed by atoms with Crippen molar-refractivity contribution in [2.45, 2.75) is 57.7 Å². The summed E-state index contributed by atoms with van der Waals surface area (Å²) in [6.45, 7) is 1.27. The summed E-state index contributed by atoms with van der Waals surface area (Å²) < 4.78 is 10.2. The summed E-state index contributed by atoms with van der Waals surface area (Å²) in [7, 11) is 3.48. The summed E-state index contributed by atoms with van der Waals surface area (Å²) in [4.78, 5) is 25.7. The van der Waals surface area contributed by atoms with Crippen molar-refractivity contribution in [1.82, 2.24) is 18.9 Å². The van der Waals surface area contributed by atoms with E-state index >= 15 is 0 Å². The third kappa shape index (κ3) is 3.05. The molecular formula is C18H26N4O3. The molecule has 0 radical (unpaired) electrons. The molecule has 0 amide bonds. The molecule has 2 aromatic rings. The summed E-state index contributed by atoms with van der Waals surface area (Å²) in [5.74, 6) is 0.978. The van der Waals surface area contributed by atoms with E-state index in [9.17, 15) is 9.59 Å². The molecule has 25 heavy (non-hydrogen) atoms. The minimum Gasteiger partial charge on any atom is -0.381 e. The van der Waals surface area contributed by atoms with Crippen LogP contribution in [0, 0.1) is 11.8 Å². The Morgan fingerprint density at radius 2 is 1.72 bits per heavy atom. The van der Waals surface area contributed by atoms with Gasteiger partial charge in [-0.25, -0.2) is 4.79 Å². The molecule has 4 rings (SSSR count). The van der Waals surface area contributed by atoms with Crippen molar-refractivity contribution in [3.8, 4) is 0 Å². The molecular weight excluding hydrogens is 320 g/mol. The van der Waals surface area contributed by atoms with Crippen LogP contribution in [0.5, 0.6) is 0 Å². The first kappa shape index (κ1) is 16.6. The topological polar surface area (TPSA) is 71.1 Å². The summed E-state index contributed by atoms with van der Waals surface area (Å²) in [5.41, 5.74) is 0.775. The third-order valence-electron chi connectivity index (χ3n) is 5.84. The quantitative estimate of drug-likeness (QED) is 0.823. The summed E-state index contributed by atoms with van der Waals surface area (Å²) >= 11 is 0. The second kappa shape index (κ2) is 6.44. The Morgan fingerprint density at radius 1 is 1.08 bits per heavy atom. The van der Waals surface area contributed by atoms with Crippen LogP contribution in [0.1, 0.15) is 38.5 Å². The van der Waals surface area contributed by atoms with E-state index in [2.05, 4.69) is 5.10 Å². The maximum atomic E-state index is 13.0. The van der Waals surface area contributed by atoms with E-state index in [-0.39, 0.29) is 11.2 Å². The monoisotopic (exact) mass is 346 g/mol. The largest absolute Gasteiger partial charge is 0.381 e. The highest BCUT2D eigenvalue weighted by Crippen LogP contribution is 2.31. The van der Waals surface area contributed by atoms with Gasteiger partial charge in [-0.15, -0.1) is 0 Å². The number of fused-ring (bicyclic) bond motifs is 1. The zero-order chi connectivity index (χ0) is 17.6. The molecule has 2 heterocycles. The van der Waals surface area contributed by atoms with E-state index in [0.717, 1.165) is 32.2 Å². The summed E-state index contributed by atoms with van der Waals surface area (Å²) in [5, 5.41) is 4.37. The lowest BCUT2D eigenvalue weighted by molar-refractivity contribution is 0.0538. The van der Waals surface area contributed by atoms with Crippen LogP contribution in [0.3, 0.4) is 0 Å². The molecule has 7 nitrogen and oxygen atoms in total. The van der Waals surface area contributed by atoms with Crippen LogP contribution in [0.25, 0.3) is 11.0 Å². The number of methoxy groups -OCH3 is 1. The van der Waals surface area contributed by atoms with Crippen LogP contribution in [0.4, 0.5) is 0 Å². The molecule has 2 saturated carbocycles. The van der Waals surface area contributed by atoms with Gasteiger partial charge in [0.15, 0.2) is 5.52 Å². The highest BCUT2D eigenvalue weighted by atomic mass is 16.5. The Hall–Kier alpha value is -1.89. The van der Waals surface area contributed by atoms with Crippen LogP contribution >= 0.6 is 0 Å². The third-order valence-corrected chi connectivity index (χ3v) is 5.84. The molecule has 7 heteroatoms. The smallest absolute Gasteiger partial charge is 0.331 e. The van der Waals surface area contributed by atoms with Gasteiger partial charge in [-0.05, 0) is 50.4 Å². The predicted octanol–water partition coefficient (Wildman–Crippen LogP) is 1.51. The van der Waals surface area contributed by atoms with Gasteiger partial charge in [-0.3, -0.25) is 18.6 Å². The van der Waals surface area contributed by atoms with Gasteiger partial charge < -0.3 is 4.74 Å². The highest BCUT2D eigenvalue weighted by Gasteiger charge is 2.26. The zero-order valence-corrected chi connectivity index (χ0v) is 15.0. The first-order valence-corrected chi connectivity index (χ1v) is 9.26. The van der Waals surface area contributed by atoms with Crippen LogP contribution in [-0.2, 0) is 24.9 Å². The normalized spacial score (nSPS) is 24.1. The lowest BCUT2D eigenvalue weighted by Crippen LogP contribution is -2.41. The van der Waals surface area contributed by atoms with Crippen molar-refractivity contribution in [1.29, 1.82) is 0 Å². The van der Waals surface area contributed by atoms with Crippen LogP contribution < -0.4 is 11.2 Å². The molecule has 0 unspecified atom stereocenters. The zero-order valence-electron chi connectivity index (χ0n) is 15.0. The van der Waals surface area contributed by atoms with Gasteiger partial charge in [-0.2, -0.15) is 5.10 Å². The van der Waals surface area contributed by atoms with E-state index in [4.69, 9.17) is 4.74 Å². The van der Waals surface area contributed by atoms with Gasteiger partial charge in [0.25, 0.3) is 5.56 Å². The fourth-order valence-corrected chi connectivity index (χ4v) is 3.99. The van der Waals surface area contributed by atoms with E-state index in [1.807, 2.05) is 0 Å². The Labute approximate surface area is 146 Å². The average molecular weight is 346 g/mol. The van der Waals surface area contributed by atoms with Crippen LogP contribution in [0.15, 0.2) is 15.8 Å². The Morgan fingerprint density at radius 3 is 2.36 bits per heavy atom. The number of aryl methyl sites for hydroxylation is 1. The number of hydrogen-bond donors (Lipinski definition) is 0. The fraction of sp³-hybridized carbons (Fsp3) is 0.722. The maximum Gasteiger partial charge on any atom is 0.331 e. The number of nitrogens with zero attached hydrogens (tertiary/aromatic N) is 4. The Kier molecular flexibility index (Phi) is 4.27. The maximum absolute atomic E-state index is 13.0. The number of ether oxygens (including phenoxy) is 1. The highest BCUT2D eigenvalue weighted by molar-refractivity contribution is 5.73. The second-order valence-electron chi connectivity index (χ2n) is 7.64. The van der Waals surface area contributed by atoms with Crippen molar-refractivity contribution in [3.63, 3.8) is 0 Å². The number of hydrogen-bond acceptors (Lipinski definition) is 4. The first-order chi connectivity index (χ1) is 12.1. The Balaban J connectivity index is 1.68. The van der Waals surface area contributed by atoms with Crippen molar-refractivity contribution < 1.29 is 4.74 Å². The minimum absolute atomic E-state index is 0.190. The van der Waals surface area contributed by atoms with Gasteiger partial charge in [0, 0.05) is 27.2 Å². The Bertz CT molecular complexity index is 882. The SMILES string of the molecule is COC1CCC(Cn2c(=O)c3c(cnn3CC3CC3)n(C)c2=O)CC1. The van der Waals surface area contributed by atoms with Crippen molar-refractivity contribution in [3.05, 3.63) is 27.0 Å². The minimum atomic E-state index is -0.239. The molecule has 0 aromatic carbocycles. The predicted molar refractivity (Wildman–Crippen MR) is 94.7 cm³/mol. The van der Waals surface area contributed by atoms with Gasteiger partial charge in [0.1, 0.15) is 0 Å². The molecule has 0 bridgehead atoms. The fourth-order valence-electron chi connectivity index (χ4n) is 3.99. The van der Waals surface area contributed by atoms with Gasteiger partial charge >= 0.3 is 5.69 Å². The summed E-state index contributed by atoms with van der Waals surface area (Å²) in [6.07, 6.45) is 8.35. The standard InChI is InChI=1S/C18H26N4O3/c1-20-15-9-19-22(11-13-3-4-13)16(15)17(23)21(18(20)24)10-12-5-7-14(25-2)8-6-12/h9,12-14H,3-8,10-11H2,1-2H3. The summed E-state index contributed by atoms with van der Waals surface area (Å²) in [6, 6.07) is 0. The molecule has 0 atom stereocenters. The molecule has 0 N–H and O–H groups in total. The molecule has 0 saturated heterocycles. The molecule has 2 fully saturated rings. The first-order valence-electron chi connectivity index (χ1n) is 9.26. The molecule has 136 valence electrons. The van der Waals surface area contributed by atoms with E-state index < -0.39 is 0 Å². The van der Waals surface area contributed by atoms with Crippen LogP contribution in [0.2, 0.25) is 0 Å².